The van der Waals surface area contributed by atoms with Crippen molar-refractivity contribution in [2.45, 2.75) is 26.7 Å². The molecule has 0 heterocycles. The maximum atomic E-state index is 5.42. The molecule has 2 nitrogen and oxygen atoms in total. The molecule has 84 valence electrons. The maximum Gasteiger partial charge on any atom is 0.122 e. The van der Waals surface area contributed by atoms with E-state index in [4.69, 9.17) is 4.74 Å². The number of benzene rings is 1. The maximum absolute atomic E-state index is 5.42. The first-order valence-electron chi connectivity index (χ1n) is 5.47. The van der Waals surface area contributed by atoms with Gasteiger partial charge in [-0.2, -0.15) is 0 Å². The third kappa shape index (κ3) is 3.24. The van der Waals surface area contributed by atoms with Gasteiger partial charge in [0.15, 0.2) is 0 Å². The molecule has 0 unspecified atom stereocenters. The van der Waals surface area contributed by atoms with Crippen molar-refractivity contribution in [2.24, 2.45) is 0 Å². The van der Waals surface area contributed by atoms with Gasteiger partial charge in [-0.1, -0.05) is 6.07 Å². The number of hydrogen-bond donors (Lipinski definition) is 1. The molecule has 0 atom stereocenters. The van der Waals surface area contributed by atoms with Gasteiger partial charge in [0.05, 0.1) is 7.11 Å². The van der Waals surface area contributed by atoms with Crippen LogP contribution in [0.1, 0.15) is 23.1 Å². The van der Waals surface area contributed by atoms with Crippen LogP contribution in [0.3, 0.4) is 0 Å². The van der Waals surface area contributed by atoms with Gasteiger partial charge in [-0.05, 0) is 63.0 Å². The monoisotopic (exact) mass is 207 g/mol. The predicted octanol–water partition coefficient (Wildman–Crippen LogP) is 2.46. The first-order chi connectivity index (χ1) is 7.19. The van der Waals surface area contributed by atoms with Crippen LogP contribution in [0.4, 0.5) is 0 Å². The molecular formula is C13H21NO. The largest absolute Gasteiger partial charge is 0.496 e. The molecule has 2 heteroatoms. The Balaban J connectivity index is 2.84. The summed E-state index contributed by atoms with van der Waals surface area (Å²) in [5.74, 6) is 1.03. The molecule has 0 spiro atoms. The van der Waals surface area contributed by atoms with Crippen LogP contribution in [0.5, 0.6) is 5.75 Å². The van der Waals surface area contributed by atoms with Gasteiger partial charge in [-0.25, -0.2) is 0 Å². The Morgan fingerprint density at radius 1 is 1.27 bits per heavy atom. The molecule has 0 fully saturated rings. The van der Waals surface area contributed by atoms with Gasteiger partial charge in [-0.3, -0.25) is 0 Å². The molecule has 0 aliphatic rings. The second-order valence-corrected chi connectivity index (χ2v) is 3.97. The summed E-state index contributed by atoms with van der Waals surface area (Å²) in [6.45, 7) is 5.31. The van der Waals surface area contributed by atoms with E-state index in [1.165, 1.54) is 16.7 Å². The molecule has 1 N–H and O–H groups in total. The van der Waals surface area contributed by atoms with Gasteiger partial charge in [0, 0.05) is 0 Å². The summed E-state index contributed by atoms with van der Waals surface area (Å²) in [6, 6.07) is 4.33. The van der Waals surface area contributed by atoms with E-state index in [9.17, 15) is 0 Å². The molecule has 15 heavy (non-hydrogen) atoms. The second kappa shape index (κ2) is 5.76. The Bertz CT molecular complexity index is 321. The highest BCUT2D eigenvalue weighted by Crippen LogP contribution is 2.25. The fraction of sp³-hybridized carbons (Fsp3) is 0.538. The standard InChI is InChI=1S/C13H21NO/c1-10-8-11(2)12(6-5-7-14-3)13(9-10)15-4/h8-9,14H,5-7H2,1-4H3. The van der Waals surface area contributed by atoms with Gasteiger partial charge in [0.25, 0.3) is 0 Å². The van der Waals surface area contributed by atoms with Crippen molar-refractivity contribution in [3.05, 3.63) is 28.8 Å². The lowest BCUT2D eigenvalue weighted by molar-refractivity contribution is 0.408. The number of rotatable bonds is 5. The van der Waals surface area contributed by atoms with Crippen LogP contribution < -0.4 is 10.1 Å². The van der Waals surface area contributed by atoms with Crippen molar-refractivity contribution in [3.8, 4) is 5.75 Å². The van der Waals surface area contributed by atoms with Gasteiger partial charge >= 0.3 is 0 Å². The molecule has 1 rings (SSSR count). The van der Waals surface area contributed by atoms with Crippen LogP contribution in [0.2, 0.25) is 0 Å². The quantitative estimate of drug-likeness (QED) is 0.749. The van der Waals surface area contributed by atoms with Gasteiger partial charge in [0.1, 0.15) is 5.75 Å². The van der Waals surface area contributed by atoms with E-state index >= 15 is 0 Å². The number of nitrogens with one attached hydrogen (secondary N) is 1. The van der Waals surface area contributed by atoms with Crippen molar-refractivity contribution in [3.63, 3.8) is 0 Å². The third-order valence-corrected chi connectivity index (χ3v) is 2.65. The van der Waals surface area contributed by atoms with Crippen LogP contribution in [0.25, 0.3) is 0 Å². The molecule has 1 aromatic rings. The van der Waals surface area contributed by atoms with Crippen LogP contribution in [0, 0.1) is 13.8 Å². The molecule has 0 aliphatic heterocycles. The van der Waals surface area contributed by atoms with E-state index < -0.39 is 0 Å². The summed E-state index contributed by atoms with van der Waals surface area (Å²) in [4.78, 5) is 0. The van der Waals surface area contributed by atoms with Crippen LogP contribution in [-0.2, 0) is 6.42 Å². The van der Waals surface area contributed by atoms with E-state index in [0.717, 1.165) is 25.1 Å². The van der Waals surface area contributed by atoms with Crippen molar-refractivity contribution in [1.29, 1.82) is 0 Å². The lowest BCUT2D eigenvalue weighted by Crippen LogP contribution is -2.09. The highest BCUT2D eigenvalue weighted by atomic mass is 16.5. The predicted molar refractivity (Wildman–Crippen MR) is 64.7 cm³/mol. The number of ether oxygens (including phenoxy) is 1. The molecule has 0 bridgehead atoms. The fourth-order valence-corrected chi connectivity index (χ4v) is 1.90. The number of aryl methyl sites for hydroxylation is 2. The Kier molecular flexibility index (Phi) is 4.63. The van der Waals surface area contributed by atoms with Crippen molar-refractivity contribution in [2.75, 3.05) is 20.7 Å². The van der Waals surface area contributed by atoms with Gasteiger partial charge in [0.2, 0.25) is 0 Å². The molecule has 0 radical (unpaired) electrons. The zero-order chi connectivity index (χ0) is 11.3. The summed E-state index contributed by atoms with van der Waals surface area (Å²) in [5, 5.41) is 3.17. The van der Waals surface area contributed by atoms with Crippen molar-refractivity contribution < 1.29 is 4.74 Å². The Labute approximate surface area is 92.6 Å². The fourth-order valence-electron chi connectivity index (χ4n) is 1.90. The molecule has 0 amide bonds. The SMILES string of the molecule is CNCCCc1c(C)cc(C)cc1OC. The number of hydrogen-bond acceptors (Lipinski definition) is 2. The van der Waals surface area contributed by atoms with E-state index in [-0.39, 0.29) is 0 Å². The van der Waals surface area contributed by atoms with Crippen LogP contribution >= 0.6 is 0 Å². The lowest BCUT2D eigenvalue weighted by Gasteiger charge is -2.12. The third-order valence-electron chi connectivity index (χ3n) is 2.65. The molecule has 0 saturated carbocycles. The normalized spacial score (nSPS) is 10.4. The first kappa shape index (κ1) is 12.1. The summed E-state index contributed by atoms with van der Waals surface area (Å²) in [6.07, 6.45) is 2.23. The smallest absolute Gasteiger partial charge is 0.122 e. The average molecular weight is 207 g/mol. The Hall–Kier alpha value is -1.02. The minimum Gasteiger partial charge on any atom is -0.496 e. The van der Waals surface area contributed by atoms with Crippen LogP contribution in [0.15, 0.2) is 12.1 Å². The Morgan fingerprint density at radius 2 is 2.00 bits per heavy atom. The molecular weight excluding hydrogens is 186 g/mol. The molecule has 0 aromatic heterocycles. The van der Waals surface area contributed by atoms with E-state index in [0.29, 0.717) is 0 Å². The highest BCUT2D eigenvalue weighted by Gasteiger charge is 2.06. The topological polar surface area (TPSA) is 21.3 Å². The average Bonchev–Trinajstić information content (AvgIpc) is 2.20. The van der Waals surface area contributed by atoms with Crippen molar-refractivity contribution >= 4 is 0 Å². The van der Waals surface area contributed by atoms with Gasteiger partial charge < -0.3 is 10.1 Å². The van der Waals surface area contributed by atoms with Crippen molar-refractivity contribution in [1.82, 2.24) is 5.32 Å². The van der Waals surface area contributed by atoms with E-state index in [1.807, 2.05) is 7.05 Å². The molecule has 0 aliphatic carbocycles. The summed E-state index contributed by atoms with van der Waals surface area (Å²) < 4.78 is 5.42. The Morgan fingerprint density at radius 3 is 2.60 bits per heavy atom. The number of methoxy groups -OCH3 is 1. The second-order valence-electron chi connectivity index (χ2n) is 3.97. The summed E-state index contributed by atoms with van der Waals surface area (Å²) in [5.41, 5.74) is 3.95. The minimum absolute atomic E-state index is 1.03. The molecule has 1 aromatic carbocycles. The van der Waals surface area contributed by atoms with E-state index in [2.05, 4.69) is 31.3 Å². The zero-order valence-electron chi connectivity index (χ0n) is 10.2. The summed E-state index contributed by atoms with van der Waals surface area (Å²) in [7, 11) is 3.73. The van der Waals surface area contributed by atoms with Crippen LogP contribution in [-0.4, -0.2) is 20.7 Å². The summed E-state index contributed by atoms with van der Waals surface area (Å²) >= 11 is 0. The zero-order valence-corrected chi connectivity index (χ0v) is 10.2. The first-order valence-corrected chi connectivity index (χ1v) is 5.47. The lowest BCUT2D eigenvalue weighted by atomic mass is 10.0. The highest BCUT2D eigenvalue weighted by molar-refractivity contribution is 5.43. The van der Waals surface area contributed by atoms with E-state index in [1.54, 1.807) is 7.11 Å². The van der Waals surface area contributed by atoms with Gasteiger partial charge in [-0.15, -0.1) is 0 Å². The molecule has 0 saturated heterocycles. The minimum atomic E-state index is 1.03.